The molecule has 0 amide bonds. The molecule has 1 atom stereocenters. The minimum atomic E-state index is -0.968. The Kier molecular flexibility index (Phi) is 6.64. The molecule has 0 radical (unpaired) electrons. The Morgan fingerprint density at radius 2 is 1.86 bits per heavy atom. The van der Waals surface area contributed by atoms with Crippen molar-refractivity contribution in [1.29, 1.82) is 0 Å². The molecule has 1 aliphatic heterocycles. The molecule has 1 aliphatic rings. The molecule has 2 heterocycles. The zero-order chi connectivity index (χ0) is 25.9. The van der Waals surface area contributed by atoms with Gasteiger partial charge in [-0.3, -0.25) is 9.51 Å². The number of fused-ring (bicyclic) bond motifs is 1. The molecule has 0 saturated carbocycles. The number of carboxylic acid groups (broad SMARTS) is 1. The minimum absolute atomic E-state index is 0.150. The van der Waals surface area contributed by atoms with Gasteiger partial charge in [-0.1, -0.05) is 72.7 Å². The number of aromatic nitrogens is 2. The van der Waals surface area contributed by atoms with E-state index in [0.717, 1.165) is 34.2 Å². The van der Waals surface area contributed by atoms with Gasteiger partial charge in [0.15, 0.2) is 11.7 Å². The van der Waals surface area contributed by atoms with E-state index in [0.29, 0.717) is 30.5 Å². The van der Waals surface area contributed by atoms with Crippen molar-refractivity contribution < 1.29 is 19.2 Å². The number of nitrogens with one attached hydrogen (secondary N) is 1. The van der Waals surface area contributed by atoms with Crippen LogP contribution in [-0.2, 0) is 11.3 Å². The molecule has 0 aliphatic carbocycles. The van der Waals surface area contributed by atoms with Crippen LogP contribution in [0.3, 0.4) is 0 Å². The molecule has 8 nitrogen and oxygen atoms in total. The number of benzene rings is 3. The zero-order valence-electron chi connectivity index (χ0n) is 20.6. The number of carbonyl (C=O) groups is 1. The molecule has 0 bridgehead atoms. The Labute approximate surface area is 213 Å². The van der Waals surface area contributed by atoms with Crippen molar-refractivity contribution >= 4 is 11.7 Å². The summed E-state index contributed by atoms with van der Waals surface area (Å²) in [7, 11) is 0. The maximum atomic E-state index is 12.2. The third kappa shape index (κ3) is 4.78. The second-order valence-corrected chi connectivity index (χ2v) is 8.93. The van der Waals surface area contributed by atoms with E-state index < -0.39 is 11.7 Å². The topological polar surface area (TPSA) is 109 Å². The lowest BCUT2D eigenvalue weighted by Gasteiger charge is -2.29. The van der Waals surface area contributed by atoms with Crippen molar-refractivity contribution in [3.8, 4) is 22.5 Å². The fourth-order valence-electron chi connectivity index (χ4n) is 4.76. The molecule has 8 heteroatoms. The van der Waals surface area contributed by atoms with Crippen LogP contribution in [0.25, 0.3) is 22.5 Å². The Morgan fingerprint density at radius 3 is 2.54 bits per heavy atom. The number of H-pyrrole nitrogens is 1. The van der Waals surface area contributed by atoms with Crippen LogP contribution in [0.5, 0.6) is 0 Å². The van der Waals surface area contributed by atoms with Crippen LogP contribution >= 0.6 is 0 Å². The number of nitrogens with zero attached hydrogens (tertiary/aromatic N) is 2. The summed E-state index contributed by atoms with van der Waals surface area (Å²) >= 11 is 0. The Balaban J connectivity index is 1.52. The highest BCUT2D eigenvalue weighted by molar-refractivity contribution is 5.96. The summed E-state index contributed by atoms with van der Waals surface area (Å²) in [6.45, 7) is 4.93. The summed E-state index contributed by atoms with van der Waals surface area (Å²) in [4.78, 5) is 28.2. The van der Waals surface area contributed by atoms with Gasteiger partial charge in [0.2, 0.25) is 0 Å². The summed E-state index contributed by atoms with van der Waals surface area (Å²) in [5, 5.41) is 13.8. The van der Waals surface area contributed by atoms with Crippen LogP contribution in [0.1, 0.15) is 47.7 Å². The number of allylic oxidation sites excluding steroid dienone is 1. The van der Waals surface area contributed by atoms with Gasteiger partial charge in [0.25, 0.3) is 0 Å². The fourth-order valence-corrected chi connectivity index (χ4v) is 4.76. The van der Waals surface area contributed by atoms with Crippen LogP contribution in [-0.4, -0.2) is 27.8 Å². The average molecular weight is 498 g/mol. The highest BCUT2D eigenvalue weighted by Gasteiger charge is 2.28. The molecule has 3 aromatic carbocycles. The predicted octanol–water partition coefficient (Wildman–Crippen LogP) is 5.79. The molecule has 0 fully saturated rings. The van der Waals surface area contributed by atoms with Gasteiger partial charge in [0, 0.05) is 5.56 Å². The summed E-state index contributed by atoms with van der Waals surface area (Å²) in [5.74, 6) is -0.397. The molecule has 2 N–H and O–H groups in total. The predicted molar refractivity (Wildman–Crippen MR) is 140 cm³/mol. The van der Waals surface area contributed by atoms with Crippen molar-refractivity contribution in [2.45, 2.75) is 32.7 Å². The van der Waals surface area contributed by atoms with E-state index in [1.807, 2.05) is 72.5 Å². The Morgan fingerprint density at radius 1 is 1.11 bits per heavy atom. The molecule has 4 aromatic rings. The van der Waals surface area contributed by atoms with E-state index in [4.69, 9.17) is 9.26 Å². The largest absolute Gasteiger partial charge is 0.479 e. The van der Waals surface area contributed by atoms with Gasteiger partial charge >= 0.3 is 11.7 Å². The van der Waals surface area contributed by atoms with Crippen LogP contribution in [0, 0.1) is 0 Å². The van der Waals surface area contributed by atoms with Crippen molar-refractivity contribution in [3.63, 3.8) is 0 Å². The van der Waals surface area contributed by atoms with Gasteiger partial charge in [-0.15, -0.1) is 0 Å². The normalized spacial score (nSPS) is 15.0. The smallest absolute Gasteiger partial charge is 0.439 e. The number of anilines is 1. The average Bonchev–Trinajstić information content (AvgIpc) is 3.30. The number of para-hydroxylation sites is 1. The number of hydrogen-bond acceptors (Lipinski definition) is 6. The van der Waals surface area contributed by atoms with E-state index in [1.165, 1.54) is 0 Å². The van der Waals surface area contributed by atoms with Gasteiger partial charge in [-0.05, 0) is 53.7 Å². The SMILES string of the molecule is CCOC1=CC[C@@H](C)c2cccc(C(=O)O)c2N1Cc1ccc(-c2ccccc2-c2noc(=O)[nH]2)cc1. The van der Waals surface area contributed by atoms with Crippen molar-refractivity contribution in [1.82, 2.24) is 10.1 Å². The molecule has 37 heavy (non-hydrogen) atoms. The van der Waals surface area contributed by atoms with E-state index in [-0.39, 0.29) is 11.5 Å². The minimum Gasteiger partial charge on any atom is -0.479 e. The molecule has 5 rings (SSSR count). The van der Waals surface area contributed by atoms with E-state index in [2.05, 4.69) is 17.1 Å². The van der Waals surface area contributed by atoms with Crippen LogP contribution in [0.4, 0.5) is 5.69 Å². The molecule has 188 valence electrons. The number of aromatic amines is 1. The first-order valence-electron chi connectivity index (χ1n) is 12.2. The summed E-state index contributed by atoms with van der Waals surface area (Å²) < 4.78 is 10.7. The van der Waals surface area contributed by atoms with Gasteiger partial charge < -0.3 is 14.7 Å². The highest BCUT2D eigenvalue weighted by atomic mass is 16.5. The first kappa shape index (κ1) is 24.1. The zero-order valence-corrected chi connectivity index (χ0v) is 20.6. The van der Waals surface area contributed by atoms with E-state index >= 15 is 0 Å². The van der Waals surface area contributed by atoms with Crippen molar-refractivity contribution in [2.24, 2.45) is 0 Å². The number of ether oxygens (including phenoxy) is 1. The monoisotopic (exact) mass is 497 g/mol. The van der Waals surface area contributed by atoms with Crippen LogP contribution in [0.2, 0.25) is 0 Å². The molecular weight excluding hydrogens is 470 g/mol. The van der Waals surface area contributed by atoms with Crippen molar-refractivity contribution in [3.05, 3.63) is 106 Å². The third-order valence-corrected chi connectivity index (χ3v) is 6.53. The van der Waals surface area contributed by atoms with Gasteiger partial charge in [0.1, 0.15) is 0 Å². The third-order valence-electron chi connectivity index (χ3n) is 6.53. The Hall–Kier alpha value is -4.59. The maximum Gasteiger partial charge on any atom is 0.439 e. The molecule has 0 spiro atoms. The lowest BCUT2D eigenvalue weighted by molar-refractivity contribution is 0.0697. The molecular formula is C29H27N3O5. The van der Waals surface area contributed by atoms with Crippen molar-refractivity contribution in [2.75, 3.05) is 11.5 Å². The second kappa shape index (κ2) is 10.2. The van der Waals surface area contributed by atoms with E-state index in [1.54, 1.807) is 12.1 Å². The Bertz CT molecular complexity index is 1520. The quantitative estimate of drug-likeness (QED) is 0.333. The fraction of sp³-hybridized carbons (Fsp3) is 0.207. The first-order valence-corrected chi connectivity index (χ1v) is 12.2. The summed E-state index contributed by atoms with van der Waals surface area (Å²) in [6, 6.07) is 21.1. The lowest BCUT2D eigenvalue weighted by Crippen LogP contribution is -2.26. The number of carboxylic acids is 1. The standard InChI is InChI=1S/C29H27N3O5/c1-3-36-25-16-11-18(2)21-9-6-10-24(28(33)34)26(21)32(25)17-19-12-14-20(15-13-19)22-7-4-5-8-23(22)27-30-29(35)37-31-27/h4-10,12-16,18H,3,11,17H2,1-2H3,(H,33,34)(H,30,31,35)/t18-/m1/s1. The molecule has 0 saturated heterocycles. The summed E-state index contributed by atoms with van der Waals surface area (Å²) in [6.07, 6.45) is 2.80. The number of hydrogen-bond donors (Lipinski definition) is 2. The first-order chi connectivity index (χ1) is 18.0. The number of aromatic carboxylic acids is 1. The summed E-state index contributed by atoms with van der Waals surface area (Å²) in [5.41, 5.74) is 5.49. The van der Waals surface area contributed by atoms with Crippen LogP contribution in [0.15, 0.2) is 88.0 Å². The van der Waals surface area contributed by atoms with Gasteiger partial charge in [0.05, 0.1) is 24.4 Å². The molecule has 0 unspecified atom stereocenters. The highest BCUT2D eigenvalue weighted by Crippen LogP contribution is 2.39. The van der Waals surface area contributed by atoms with Gasteiger partial charge in [-0.2, -0.15) is 0 Å². The number of rotatable bonds is 7. The van der Waals surface area contributed by atoms with Crippen LogP contribution < -0.4 is 10.7 Å². The molecule has 1 aromatic heterocycles. The van der Waals surface area contributed by atoms with Gasteiger partial charge in [-0.25, -0.2) is 9.59 Å². The second-order valence-electron chi connectivity index (χ2n) is 8.93. The maximum absolute atomic E-state index is 12.2. The van der Waals surface area contributed by atoms with E-state index in [9.17, 15) is 14.7 Å². The lowest BCUT2D eigenvalue weighted by atomic mass is 9.94.